The van der Waals surface area contributed by atoms with Crippen LogP contribution in [-0.2, 0) is 22.6 Å². The zero-order chi connectivity index (χ0) is 22.8. The van der Waals surface area contributed by atoms with Gasteiger partial charge in [0.15, 0.2) is 0 Å². The summed E-state index contributed by atoms with van der Waals surface area (Å²) in [5.74, 6) is -0.126. The summed E-state index contributed by atoms with van der Waals surface area (Å²) < 4.78 is 1.96. The average molecular weight is 431 g/mol. The van der Waals surface area contributed by atoms with Crippen molar-refractivity contribution in [3.05, 3.63) is 76.6 Å². The minimum Gasteiger partial charge on any atom is -0.341 e. The van der Waals surface area contributed by atoms with Crippen molar-refractivity contribution in [2.75, 3.05) is 12.4 Å². The van der Waals surface area contributed by atoms with E-state index in [0.717, 1.165) is 39.5 Å². The number of nitrogens with one attached hydrogen (secondary N) is 1. The molecule has 4 rings (SSSR count). The lowest BCUT2D eigenvalue weighted by molar-refractivity contribution is -0.131. The van der Waals surface area contributed by atoms with Gasteiger partial charge in [-0.3, -0.25) is 9.59 Å². The molecular weight excluding hydrogens is 400 g/mol. The zero-order valence-electron chi connectivity index (χ0n) is 19.2. The molecule has 1 aliphatic rings. The lowest BCUT2D eigenvalue weighted by Crippen LogP contribution is -2.32. The lowest BCUT2D eigenvalue weighted by Gasteiger charge is -2.25. The van der Waals surface area contributed by atoms with Gasteiger partial charge in [0.1, 0.15) is 0 Å². The topological polar surface area (TPSA) is 67.2 Å². The number of rotatable bonds is 6. The predicted molar refractivity (Wildman–Crippen MR) is 126 cm³/mol. The molecule has 3 aromatic rings. The molecule has 6 heteroatoms. The molecule has 0 radical (unpaired) electrons. The van der Waals surface area contributed by atoms with E-state index < -0.39 is 0 Å². The first-order valence-corrected chi connectivity index (χ1v) is 11.1. The van der Waals surface area contributed by atoms with Gasteiger partial charge in [0.05, 0.1) is 11.4 Å². The predicted octanol–water partition coefficient (Wildman–Crippen LogP) is 4.35. The SMILES string of the molecule is Cc1ccccc1-n1nc(C)c(CN(C)C(=O)CCC2Cc3ccccc3NC2=O)c1C. The Morgan fingerprint density at radius 2 is 1.84 bits per heavy atom. The number of amides is 2. The van der Waals surface area contributed by atoms with Gasteiger partial charge >= 0.3 is 0 Å². The normalized spacial score (nSPS) is 15.2. The minimum absolute atomic E-state index is 0.00495. The summed E-state index contributed by atoms with van der Waals surface area (Å²) >= 11 is 0. The maximum absolute atomic E-state index is 12.9. The van der Waals surface area contributed by atoms with Crippen LogP contribution in [0, 0.1) is 26.7 Å². The van der Waals surface area contributed by atoms with Crippen molar-refractivity contribution in [2.45, 2.75) is 46.6 Å². The Morgan fingerprint density at radius 1 is 1.12 bits per heavy atom. The Balaban J connectivity index is 1.40. The zero-order valence-corrected chi connectivity index (χ0v) is 19.2. The molecule has 32 heavy (non-hydrogen) atoms. The summed E-state index contributed by atoms with van der Waals surface area (Å²) in [6.07, 6.45) is 1.57. The highest BCUT2D eigenvalue weighted by atomic mass is 16.2. The third-order valence-corrected chi connectivity index (χ3v) is 6.42. The van der Waals surface area contributed by atoms with Gasteiger partial charge in [-0.15, -0.1) is 0 Å². The highest BCUT2D eigenvalue weighted by Crippen LogP contribution is 2.28. The number of hydrogen-bond donors (Lipinski definition) is 1. The van der Waals surface area contributed by atoms with Gasteiger partial charge in [0.2, 0.25) is 11.8 Å². The van der Waals surface area contributed by atoms with Crippen LogP contribution in [0.5, 0.6) is 0 Å². The van der Waals surface area contributed by atoms with Gasteiger partial charge in [0.25, 0.3) is 0 Å². The van der Waals surface area contributed by atoms with Gasteiger partial charge in [-0.1, -0.05) is 36.4 Å². The van der Waals surface area contributed by atoms with Gasteiger partial charge in [-0.25, -0.2) is 4.68 Å². The van der Waals surface area contributed by atoms with Gasteiger partial charge in [0, 0.05) is 42.9 Å². The molecule has 0 saturated carbocycles. The van der Waals surface area contributed by atoms with Crippen LogP contribution in [0.2, 0.25) is 0 Å². The van der Waals surface area contributed by atoms with Gasteiger partial charge < -0.3 is 10.2 Å². The standard InChI is InChI=1S/C26H30N4O2/c1-17-9-5-8-12-24(17)30-19(3)22(18(2)28-30)16-29(4)25(31)14-13-21-15-20-10-6-7-11-23(20)27-26(21)32/h5-12,21H,13-16H2,1-4H3,(H,27,32). The minimum atomic E-state index is -0.172. The van der Waals surface area contributed by atoms with Crippen LogP contribution in [0.4, 0.5) is 5.69 Å². The second-order valence-electron chi connectivity index (χ2n) is 8.68. The van der Waals surface area contributed by atoms with Crippen LogP contribution in [0.25, 0.3) is 5.69 Å². The highest BCUT2D eigenvalue weighted by Gasteiger charge is 2.27. The number of carbonyl (C=O) groups excluding carboxylic acids is 2. The van der Waals surface area contributed by atoms with Gasteiger partial charge in [-0.05, 0) is 56.9 Å². The second kappa shape index (κ2) is 8.99. The Morgan fingerprint density at radius 3 is 2.62 bits per heavy atom. The first-order chi connectivity index (χ1) is 15.3. The number of carbonyl (C=O) groups is 2. The number of anilines is 1. The number of para-hydroxylation sites is 2. The van der Waals surface area contributed by atoms with Crippen molar-refractivity contribution in [3.8, 4) is 5.69 Å². The van der Waals surface area contributed by atoms with Crippen molar-refractivity contribution in [1.29, 1.82) is 0 Å². The van der Waals surface area contributed by atoms with Gasteiger partial charge in [-0.2, -0.15) is 5.10 Å². The molecule has 0 saturated heterocycles. The molecular formula is C26H30N4O2. The molecule has 6 nitrogen and oxygen atoms in total. The summed E-state index contributed by atoms with van der Waals surface area (Å²) in [5, 5.41) is 7.70. The fraction of sp³-hybridized carbons (Fsp3) is 0.346. The van der Waals surface area contributed by atoms with E-state index in [9.17, 15) is 9.59 Å². The number of benzene rings is 2. The summed E-state index contributed by atoms with van der Waals surface area (Å²) in [4.78, 5) is 27.0. The average Bonchev–Trinajstić information content (AvgIpc) is 3.05. The van der Waals surface area contributed by atoms with Crippen molar-refractivity contribution in [2.24, 2.45) is 5.92 Å². The molecule has 1 N–H and O–H groups in total. The Bertz CT molecular complexity index is 1160. The van der Waals surface area contributed by atoms with E-state index in [0.29, 0.717) is 25.8 Å². The van der Waals surface area contributed by atoms with E-state index >= 15 is 0 Å². The van der Waals surface area contributed by atoms with Crippen LogP contribution in [0.15, 0.2) is 48.5 Å². The number of aromatic nitrogens is 2. The number of nitrogens with zero attached hydrogens (tertiary/aromatic N) is 3. The molecule has 1 unspecified atom stereocenters. The number of aryl methyl sites for hydroxylation is 2. The summed E-state index contributed by atoms with van der Waals surface area (Å²) in [6.45, 7) is 6.60. The van der Waals surface area contributed by atoms with Crippen molar-refractivity contribution < 1.29 is 9.59 Å². The van der Waals surface area contributed by atoms with E-state index in [4.69, 9.17) is 5.10 Å². The van der Waals surface area contributed by atoms with Crippen molar-refractivity contribution in [3.63, 3.8) is 0 Å². The van der Waals surface area contributed by atoms with Crippen molar-refractivity contribution in [1.82, 2.24) is 14.7 Å². The van der Waals surface area contributed by atoms with E-state index in [1.807, 2.05) is 62.0 Å². The molecule has 0 spiro atoms. The van der Waals surface area contributed by atoms with Crippen molar-refractivity contribution >= 4 is 17.5 Å². The first-order valence-electron chi connectivity index (χ1n) is 11.1. The third-order valence-electron chi connectivity index (χ3n) is 6.42. The maximum Gasteiger partial charge on any atom is 0.227 e. The molecule has 1 aliphatic heterocycles. The third kappa shape index (κ3) is 4.31. The summed E-state index contributed by atoms with van der Waals surface area (Å²) in [7, 11) is 1.82. The van der Waals surface area contributed by atoms with E-state index in [2.05, 4.69) is 24.4 Å². The fourth-order valence-corrected chi connectivity index (χ4v) is 4.40. The van der Waals surface area contributed by atoms with Crippen LogP contribution in [0.1, 0.15) is 40.9 Å². The molecule has 2 heterocycles. The molecule has 0 bridgehead atoms. The lowest BCUT2D eigenvalue weighted by atomic mass is 9.89. The molecule has 1 aromatic heterocycles. The summed E-state index contributed by atoms with van der Waals surface area (Å²) in [6, 6.07) is 16.0. The van der Waals surface area contributed by atoms with E-state index in [1.54, 1.807) is 4.90 Å². The van der Waals surface area contributed by atoms with E-state index in [-0.39, 0.29) is 17.7 Å². The molecule has 1 atom stereocenters. The maximum atomic E-state index is 12.9. The highest BCUT2D eigenvalue weighted by molar-refractivity contribution is 5.96. The largest absolute Gasteiger partial charge is 0.341 e. The first kappa shape index (κ1) is 21.8. The van der Waals surface area contributed by atoms with Crippen LogP contribution < -0.4 is 5.32 Å². The van der Waals surface area contributed by atoms with Crippen LogP contribution in [0.3, 0.4) is 0 Å². The summed E-state index contributed by atoms with van der Waals surface area (Å²) in [5.41, 5.74) is 7.25. The Hall–Kier alpha value is -3.41. The molecule has 2 amide bonds. The van der Waals surface area contributed by atoms with E-state index in [1.165, 1.54) is 0 Å². The van der Waals surface area contributed by atoms with Crippen LogP contribution in [-0.4, -0.2) is 33.5 Å². The molecule has 166 valence electrons. The number of fused-ring (bicyclic) bond motifs is 1. The monoisotopic (exact) mass is 430 g/mol. The Labute approximate surface area is 189 Å². The molecule has 0 fully saturated rings. The fourth-order valence-electron chi connectivity index (χ4n) is 4.40. The molecule has 2 aromatic carbocycles. The van der Waals surface area contributed by atoms with Crippen LogP contribution >= 0.6 is 0 Å². The number of hydrogen-bond acceptors (Lipinski definition) is 3. The Kier molecular flexibility index (Phi) is 6.12. The smallest absolute Gasteiger partial charge is 0.227 e. The quantitative estimate of drug-likeness (QED) is 0.632. The molecule has 0 aliphatic carbocycles. The second-order valence-corrected chi connectivity index (χ2v) is 8.68.